The van der Waals surface area contributed by atoms with Crippen molar-refractivity contribution >= 4 is 11.6 Å². The van der Waals surface area contributed by atoms with E-state index in [1.807, 2.05) is 13.1 Å². The van der Waals surface area contributed by atoms with Gasteiger partial charge in [0.15, 0.2) is 5.96 Å². The summed E-state index contributed by atoms with van der Waals surface area (Å²) in [6.07, 6.45) is 2.03. The Hall–Kier alpha value is -1.86. The van der Waals surface area contributed by atoms with Gasteiger partial charge in [-0.2, -0.15) is 0 Å². The first kappa shape index (κ1) is 20.9. The fourth-order valence-electron chi connectivity index (χ4n) is 3.90. The van der Waals surface area contributed by atoms with E-state index in [4.69, 9.17) is 4.74 Å². The maximum Gasteiger partial charge on any atom is 0.191 e. The number of piperidine rings is 1. The van der Waals surface area contributed by atoms with E-state index >= 15 is 0 Å². The van der Waals surface area contributed by atoms with E-state index in [1.54, 1.807) is 12.1 Å². The molecule has 7 heteroatoms. The standard InChI is InChI=1S/C21H34FN5O/c1-17(16-26-10-12-28-13-11-26)15-24-21(23-2)25-19-6-8-27(9-7-19)20-5-3-4-18(22)14-20/h3-5,14,17,19H,6-13,15-16H2,1-2H3,(H2,23,24,25). The number of morpholine rings is 1. The molecule has 2 heterocycles. The van der Waals surface area contributed by atoms with E-state index in [2.05, 4.69) is 32.3 Å². The Bertz CT molecular complexity index is 627. The maximum absolute atomic E-state index is 13.4. The summed E-state index contributed by atoms with van der Waals surface area (Å²) in [5, 5.41) is 7.03. The largest absolute Gasteiger partial charge is 0.379 e. The quantitative estimate of drug-likeness (QED) is 0.573. The summed E-state index contributed by atoms with van der Waals surface area (Å²) in [6, 6.07) is 7.26. The number of nitrogens with zero attached hydrogens (tertiary/aromatic N) is 3. The zero-order valence-electron chi connectivity index (χ0n) is 17.2. The Morgan fingerprint density at radius 3 is 2.68 bits per heavy atom. The lowest BCUT2D eigenvalue weighted by molar-refractivity contribution is 0.0320. The van der Waals surface area contributed by atoms with Crippen LogP contribution in [0.5, 0.6) is 0 Å². The minimum atomic E-state index is -0.173. The smallest absolute Gasteiger partial charge is 0.191 e. The van der Waals surface area contributed by atoms with Crippen LogP contribution in [0.25, 0.3) is 0 Å². The first-order chi connectivity index (χ1) is 13.6. The number of ether oxygens (including phenoxy) is 1. The summed E-state index contributed by atoms with van der Waals surface area (Å²) in [7, 11) is 1.82. The second-order valence-corrected chi connectivity index (χ2v) is 7.86. The second kappa shape index (κ2) is 10.6. The molecule has 2 aliphatic rings. The molecule has 0 aromatic heterocycles. The molecule has 1 unspecified atom stereocenters. The van der Waals surface area contributed by atoms with Crippen LogP contribution in [0, 0.1) is 11.7 Å². The van der Waals surface area contributed by atoms with Crippen molar-refractivity contribution in [3.8, 4) is 0 Å². The predicted octanol–water partition coefficient (Wildman–Crippen LogP) is 1.93. The summed E-state index contributed by atoms with van der Waals surface area (Å²) in [5.74, 6) is 1.25. The molecule has 0 amide bonds. The molecule has 1 aromatic rings. The van der Waals surface area contributed by atoms with Crippen LogP contribution in [0.3, 0.4) is 0 Å². The van der Waals surface area contributed by atoms with E-state index in [0.717, 1.165) is 77.0 Å². The van der Waals surface area contributed by atoms with Crippen LogP contribution < -0.4 is 15.5 Å². The number of aliphatic imine (C=N–C) groups is 1. The van der Waals surface area contributed by atoms with Gasteiger partial charge in [0.2, 0.25) is 0 Å². The van der Waals surface area contributed by atoms with Crippen molar-refractivity contribution in [3.05, 3.63) is 30.1 Å². The normalized spacial score (nSPS) is 20.8. The molecule has 1 aromatic carbocycles. The van der Waals surface area contributed by atoms with Gasteiger partial charge >= 0.3 is 0 Å². The molecule has 3 rings (SSSR count). The van der Waals surface area contributed by atoms with Crippen LogP contribution in [0.4, 0.5) is 10.1 Å². The van der Waals surface area contributed by atoms with Crippen LogP contribution in [0.2, 0.25) is 0 Å². The van der Waals surface area contributed by atoms with Gasteiger partial charge < -0.3 is 20.3 Å². The lowest BCUT2D eigenvalue weighted by Crippen LogP contribution is -2.50. The molecular weight excluding hydrogens is 357 g/mol. The van der Waals surface area contributed by atoms with Crippen LogP contribution >= 0.6 is 0 Å². The molecule has 6 nitrogen and oxygen atoms in total. The van der Waals surface area contributed by atoms with Crippen molar-refractivity contribution in [2.45, 2.75) is 25.8 Å². The topological polar surface area (TPSA) is 52.1 Å². The highest BCUT2D eigenvalue weighted by molar-refractivity contribution is 5.80. The molecule has 156 valence electrons. The lowest BCUT2D eigenvalue weighted by atomic mass is 10.0. The minimum Gasteiger partial charge on any atom is -0.379 e. The van der Waals surface area contributed by atoms with Crippen LogP contribution in [0.15, 0.2) is 29.3 Å². The molecule has 0 bridgehead atoms. The molecule has 2 saturated heterocycles. The first-order valence-electron chi connectivity index (χ1n) is 10.4. The number of hydrogen-bond donors (Lipinski definition) is 2. The third kappa shape index (κ3) is 6.34. The van der Waals surface area contributed by atoms with E-state index in [1.165, 1.54) is 6.07 Å². The zero-order chi connectivity index (χ0) is 19.8. The number of anilines is 1. The average Bonchev–Trinajstić information content (AvgIpc) is 2.72. The summed E-state index contributed by atoms with van der Waals surface area (Å²) < 4.78 is 18.9. The molecule has 0 saturated carbocycles. The zero-order valence-corrected chi connectivity index (χ0v) is 17.2. The highest BCUT2D eigenvalue weighted by atomic mass is 19.1. The Morgan fingerprint density at radius 2 is 2.00 bits per heavy atom. The highest BCUT2D eigenvalue weighted by Gasteiger charge is 2.21. The van der Waals surface area contributed by atoms with Gasteiger partial charge in [0, 0.05) is 58.0 Å². The number of nitrogens with one attached hydrogen (secondary N) is 2. The lowest BCUT2D eigenvalue weighted by Gasteiger charge is -2.34. The molecule has 28 heavy (non-hydrogen) atoms. The van der Waals surface area contributed by atoms with E-state index in [-0.39, 0.29) is 5.82 Å². The van der Waals surface area contributed by atoms with Gasteiger partial charge in [0.1, 0.15) is 5.82 Å². The van der Waals surface area contributed by atoms with Crippen molar-refractivity contribution in [1.82, 2.24) is 15.5 Å². The molecular formula is C21H34FN5O. The van der Waals surface area contributed by atoms with Crippen molar-refractivity contribution < 1.29 is 9.13 Å². The number of halogens is 1. The molecule has 0 radical (unpaired) electrons. The van der Waals surface area contributed by atoms with Crippen molar-refractivity contribution in [2.75, 3.05) is 64.4 Å². The van der Waals surface area contributed by atoms with E-state index in [9.17, 15) is 4.39 Å². The fourth-order valence-corrected chi connectivity index (χ4v) is 3.90. The average molecular weight is 392 g/mol. The van der Waals surface area contributed by atoms with Gasteiger partial charge in [0.05, 0.1) is 13.2 Å². The monoisotopic (exact) mass is 391 g/mol. The van der Waals surface area contributed by atoms with Crippen LogP contribution in [-0.2, 0) is 4.74 Å². The molecule has 2 fully saturated rings. The maximum atomic E-state index is 13.4. The van der Waals surface area contributed by atoms with E-state index < -0.39 is 0 Å². The van der Waals surface area contributed by atoms with Crippen molar-refractivity contribution in [3.63, 3.8) is 0 Å². The molecule has 0 aliphatic carbocycles. The van der Waals surface area contributed by atoms with Crippen molar-refractivity contribution in [2.24, 2.45) is 10.9 Å². The van der Waals surface area contributed by atoms with Gasteiger partial charge in [-0.05, 0) is 37.0 Å². The summed E-state index contributed by atoms with van der Waals surface area (Å²) >= 11 is 0. The number of rotatable bonds is 6. The van der Waals surface area contributed by atoms with Gasteiger partial charge in [-0.25, -0.2) is 4.39 Å². The molecule has 2 N–H and O–H groups in total. The van der Waals surface area contributed by atoms with E-state index in [0.29, 0.717) is 12.0 Å². The van der Waals surface area contributed by atoms with Gasteiger partial charge in [0.25, 0.3) is 0 Å². The second-order valence-electron chi connectivity index (χ2n) is 7.86. The number of hydrogen-bond acceptors (Lipinski definition) is 4. The Balaban J connectivity index is 1.38. The summed E-state index contributed by atoms with van der Waals surface area (Å²) in [5.41, 5.74) is 0.970. The SMILES string of the molecule is CN=C(NCC(C)CN1CCOCC1)NC1CCN(c2cccc(F)c2)CC1. The Morgan fingerprint density at radius 1 is 1.25 bits per heavy atom. The van der Waals surface area contributed by atoms with Gasteiger partial charge in [-0.15, -0.1) is 0 Å². The van der Waals surface area contributed by atoms with Gasteiger partial charge in [-0.3, -0.25) is 9.89 Å². The predicted molar refractivity (Wildman–Crippen MR) is 113 cm³/mol. The third-order valence-corrected chi connectivity index (χ3v) is 5.52. The molecule has 2 aliphatic heterocycles. The van der Waals surface area contributed by atoms with Crippen molar-refractivity contribution in [1.29, 1.82) is 0 Å². The summed E-state index contributed by atoms with van der Waals surface area (Å²) in [6.45, 7) is 9.85. The Labute approximate surface area is 168 Å². The summed E-state index contributed by atoms with van der Waals surface area (Å²) in [4.78, 5) is 9.11. The van der Waals surface area contributed by atoms with Gasteiger partial charge in [-0.1, -0.05) is 13.0 Å². The third-order valence-electron chi connectivity index (χ3n) is 5.52. The molecule has 0 spiro atoms. The number of benzene rings is 1. The Kier molecular flexibility index (Phi) is 7.91. The fraction of sp³-hybridized carbons (Fsp3) is 0.667. The van der Waals surface area contributed by atoms with Crippen LogP contribution in [-0.4, -0.2) is 76.4 Å². The van der Waals surface area contributed by atoms with Crippen LogP contribution in [0.1, 0.15) is 19.8 Å². The molecule has 1 atom stereocenters. The minimum absolute atomic E-state index is 0.173. The highest BCUT2D eigenvalue weighted by Crippen LogP contribution is 2.20. The first-order valence-corrected chi connectivity index (χ1v) is 10.4. The number of guanidine groups is 1.